The first-order chi connectivity index (χ1) is 27.9. The van der Waals surface area contributed by atoms with E-state index >= 15 is 0 Å². The SMILES string of the molecule is C=Nc1ccc(NC(=O)NCC)cc1.C=Nc1cccc(C(=O)NCCC)c1.CCCNC(=O)CC.CNS(=O)Oc1cccc(NC(=O)Nc2ccc(C)cc2)c1. The maximum absolute atomic E-state index is 11.9. The average Bonchev–Trinajstić information content (AvgIpc) is 3.23. The van der Waals surface area contributed by atoms with Crippen LogP contribution in [0.1, 0.15) is 62.9 Å². The van der Waals surface area contributed by atoms with Crippen LogP contribution in [0.25, 0.3) is 0 Å². The molecule has 0 aliphatic rings. The number of aryl methyl sites for hydroxylation is 1. The van der Waals surface area contributed by atoms with Crippen LogP contribution >= 0.6 is 0 Å². The number of aliphatic imine (C=N–C) groups is 2. The number of hydrogen-bond acceptors (Lipinski definition) is 8. The summed E-state index contributed by atoms with van der Waals surface area (Å²) in [4.78, 5) is 52.5. The third-order valence-electron chi connectivity index (χ3n) is 7.10. The maximum Gasteiger partial charge on any atom is 0.323 e. The predicted octanol–water partition coefficient (Wildman–Crippen LogP) is 8.06. The molecule has 0 aromatic heterocycles. The topological polar surface area (TPSA) is 204 Å². The molecule has 312 valence electrons. The summed E-state index contributed by atoms with van der Waals surface area (Å²) in [5.41, 5.74) is 5.22. The van der Waals surface area contributed by atoms with Crippen LogP contribution < -0.4 is 40.8 Å². The molecule has 0 aliphatic carbocycles. The molecule has 4 aromatic rings. The minimum atomic E-state index is -1.61. The molecule has 0 fully saturated rings. The highest BCUT2D eigenvalue weighted by molar-refractivity contribution is 7.78. The molecular formula is C42H57N9O6S. The summed E-state index contributed by atoms with van der Waals surface area (Å²) in [7, 11) is 1.52. The standard InChI is InChI=1S/C15H17N3O3S.C11H14N2O.C10H13N3O.C6H13NO/c1-11-6-8-12(9-7-11)17-15(19)18-13-4-3-5-14(10-13)21-22(20)16-2;1-3-7-13-11(14)9-5-4-6-10(8-9)12-2;1-3-12-10(14)13-9-6-4-8(11-2)5-7-9;1-3-5-7-6(8)4-2/h3-10,16H,1-2H3,(H2,17,18,19);4-6,8H,2-3,7H2,1H3,(H,13,14);4-7H,2-3H2,1H3,(H2,12,13,14);3-5H2,1-2H3,(H,7,8). The van der Waals surface area contributed by atoms with Crippen LogP contribution in [-0.4, -0.2) is 68.2 Å². The van der Waals surface area contributed by atoms with Gasteiger partial charge in [-0.05, 0) is 114 Å². The molecular weight excluding hydrogens is 759 g/mol. The zero-order chi connectivity index (χ0) is 43.1. The van der Waals surface area contributed by atoms with Gasteiger partial charge in [0, 0.05) is 54.7 Å². The molecule has 4 rings (SSSR count). The van der Waals surface area contributed by atoms with E-state index in [0.717, 1.165) is 36.3 Å². The molecule has 0 spiro atoms. The van der Waals surface area contributed by atoms with Crippen molar-refractivity contribution < 1.29 is 27.6 Å². The number of hydrogen-bond donors (Lipinski definition) is 7. The summed E-state index contributed by atoms with van der Waals surface area (Å²) in [5.74, 6) is 0.477. The molecule has 4 aromatic carbocycles. The van der Waals surface area contributed by atoms with E-state index in [1.807, 2.05) is 65.0 Å². The number of anilines is 3. The van der Waals surface area contributed by atoms with Gasteiger partial charge in [0.05, 0.1) is 11.4 Å². The zero-order valence-electron chi connectivity index (χ0n) is 34.1. The summed E-state index contributed by atoms with van der Waals surface area (Å²) in [6.45, 7) is 18.7. The highest BCUT2D eigenvalue weighted by atomic mass is 32.2. The van der Waals surface area contributed by atoms with Gasteiger partial charge in [-0.3, -0.25) is 19.6 Å². The molecule has 6 amide bonds. The van der Waals surface area contributed by atoms with Crippen molar-refractivity contribution in [2.24, 2.45) is 9.98 Å². The molecule has 0 aliphatic heterocycles. The van der Waals surface area contributed by atoms with Crippen LogP contribution in [0.15, 0.2) is 107 Å². The Bertz CT molecular complexity index is 1890. The van der Waals surface area contributed by atoms with Crippen molar-refractivity contribution in [3.63, 3.8) is 0 Å². The van der Waals surface area contributed by atoms with Gasteiger partial charge < -0.3 is 36.1 Å². The van der Waals surface area contributed by atoms with E-state index in [1.165, 1.54) is 7.05 Å². The van der Waals surface area contributed by atoms with Crippen LogP contribution in [0, 0.1) is 6.92 Å². The third kappa shape index (κ3) is 22.2. The molecule has 58 heavy (non-hydrogen) atoms. The Morgan fingerprint density at radius 1 is 0.655 bits per heavy atom. The van der Waals surface area contributed by atoms with E-state index < -0.39 is 11.3 Å². The van der Waals surface area contributed by atoms with Crippen LogP contribution in [0.5, 0.6) is 5.75 Å². The van der Waals surface area contributed by atoms with Gasteiger partial charge in [0.1, 0.15) is 5.75 Å². The van der Waals surface area contributed by atoms with Crippen molar-refractivity contribution >= 4 is 77.0 Å². The smallest absolute Gasteiger partial charge is 0.323 e. The largest absolute Gasteiger partial charge is 0.389 e. The second-order valence-electron chi connectivity index (χ2n) is 11.9. The van der Waals surface area contributed by atoms with Gasteiger partial charge in [0.15, 0.2) is 0 Å². The lowest BCUT2D eigenvalue weighted by Gasteiger charge is -2.09. The number of benzene rings is 4. The lowest BCUT2D eigenvalue weighted by Crippen LogP contribution is -2.28. The van der Waals surface area contributed by atoms with Crippen LogP contribution in [-0.2, 0) is 16.1 Å². The number of rotatable bonds is 15. The minimum Gasteiger partial charge on any atom is -0.389 e. The first-order valence-corrected chi connectivity index (χ1v) is 19.7. The van der Waals surface area contributed by atoms with E-state index in [9.17, 15) is 23.4 Å². The fourth-order valence-corrected chi connectivity index (χ4v) is 4.51. The van der Waals surface area contributed by atoms with Crippen molar-refractivity contribution in [1.29, 1.82) is 0 Å². The van der Waals surface area contributed by atoms with Gasteiger partial charge >= 0.3 is 12.1 Å². The number of carbonyl (C=O) groups is 4. The number of urea groups is 2. The molecule has 0 bridgehead atoms. The third-order valence-corrected chi connectivity index (χ3v) is 7.78. The number of nitrogens with zero attached hydrogens (tertiary/aromatic N) is 2. The Morgan fingerprint density at radius 2 is 1.22 bits per heavy atom. The summed E-state index contributed by atoms with van der Waals surface area (Å²) in [5, 5.41) is 16.3. The quantitative estimate of drug-likeness (QED) is 0.0591. The van der Waals surface area contributed by atoms with Gasteiger partial charge in [0.2, 0.25) is 5.91 Å². The number of nitrogens with one attached hydrogen (secondary N) is 7. The van der Waals surface area contributed by atoms with Crippen molar-refractivity contribution in [3.05, 3.63) is 108 Å². The first kappa shape index (κ1) is 49.6. The average molecular weight is 816 g/mol. The van der Waals surface area contributed by atoms with Crippen LogP contribution in [0.4, 0.5) is 38.0 Å². The van der Waals surface area contributed by atoms with Crippen molar-refractivity contribution in [1.82, 2.24) is 20.7 Å². The van der Waals surface area contributed by atoms with E-state index in [4.69, 9.17) is 4.18 Å². The molecule has 0 saturated carbocycles. The minimum absolute atomic E-state index is 0.0580. The monoisotopic (exact) mass is 815 g/mol. The Morgan fingerprint density at radius 3 is 1.79 bits per heavy atom. The van der Waals surface area contributed by atoms with Crippen LogP contribution in [0.2, 0.25) is 0 Å². The van der Waals surface area contributed by atoms with E-state index in [0.29, 0.717) is 47.9 Å². The Kier molecular flexibility index (Phi) is 25.5. The van der Waals surface area contributed by atoms with Gasteiger partial charge in [-0.25, -0.2) is 14.3 Å². The van der Waals surface area contributed by atoms with Gasteiger partial charge in [-0.1, -0.05) is 50.6 Å². The molecule has 0 radical (unpaired) electrons. The summed E-state index contributed by atoms with van der Waals surface area (Å²) in [6.07, 6.45) is 2.55. The number of carbonyl (C=O) groups excluding carboxylic acids is 4. The lowest BCUT2D eigenvalue weighted by molar-refractivity contribution is -0.120. The van der Waals surface area contributed by atoms with Gasteiger partial charge in [0.25, 0.3) is 17.2 Å². The van der Waals surface area contributed by atoms with E-state index in [2.05, 4.69) is 60.0 Å². The second kappa shape index (κ2) is 29.8. The number of amides is 6. The Labute approximate surface area is 344 Å². The van der Waals surface area contributed by atoms with E-state index in [1.54, 1.807) is 66.7 Å². The summed E-state index contributed by atoms with van der Waals surface area (Å²) >= 11 is -1.61. The Balaban J connectivity index is 0.000000410. The fraction of sp³-hybridized carbons (Fsp3) is 0.286. The van der Waals surface area contributed by atoms with Gasteiger partial charge in [-0.2, -0.15) is 4.21 Å². The molecule has 0 heterocycles. The van der Waals surface area contributed by atoms with Crippen molar-refractivity contribution in [2.75, 3.05) is 42.6 Å². The normalized spacial score (nSPS) is 10.1. The predicted molar refractivity (Wildman–Crippen MR) is 238 cm³/mol. The molecule has 15 nitrogen and oxygen atoms in total. The molecule has 16 heteroatoms. The maximum atomic E-state index is 11.9. The highest BCUT2D eigenvalue weighted by Crippen LogP contribution is 2.19. The molecule has 1 atom stereocenters. The first-order valence-electron chi connectivity index (χ1n) is 18.7. The zero-order valence-corrected chi connectivity index (χ0v) is 35.0. The van der Waals surface area contributed by atoms with Crippen molar-refractivity contribution in [2.45, 2.75) is 53.9 Å². The molecule has 7 N–H and O–H groups in total. The Hall–Kier alpha value is -6.39. The molecule has 1 unspecified atom stereocenters. The van der Waals surface area contributed by atoms with Gasteiger partial charge in [-0.15, -0.1) is 0 Å². The van der Waals surface area contributed by atoms with Crippen molar-refractivity contribution in [3.8, 4) is 5.75 Å². The highest BCUT2D eigenvalue weighted by Gasteiger charge is 2.06. The second-order valence-corrected chi connectivity index (χ2v) is 12.9. The van der Waals surface area contributed by atoms with E-state index in [-0.39, 0.29) is 23.9 Å². The molecule has 0 saturated heterocycles. The summed E-state index contributed by atoms with van der Waals surface area (Å²) < 4.78 is 18.8. The summed E-state index contributed by atoms with van der Waals surface area (Å²) in [6, 6.07) is 27.8. The fourth-order valence-electron chi connectivity index (χ4n) is 4.15. The lowest BCUT2D eigenvalue weighted by atomic mass is 10.2. The van der Waals surface area contributed by atoms with Crippen LogP contribution in [0.3, 0.4) is 0 Å².